The minimum Gasteiger partial charge on any atom is -0.332 e. The quantitative estimate of drug-likeness (QED) is 0.811. The lowest BCUT2D eigenvalue weighted by molar-refractivity contribution is 0.0845. The highest BCUT2D eigenvalue weighted by Crippen LogP contribution is 2.24. The molecule has 0 aliphatic carbocycles. The van der Waals surface area contributed by atoms with Crippen molar-refractivity contribution in [1.29, 1.82) is 0 Å². The number of anilines is 1. The average molecular weight is 274 g/mol. The van der Waals surface area contributed by atoms with Gasteiger partial charge in [-0.3, -0.25) is 9.69 Å². The van der Waals surface area contributed by atoms with Gasteiger partial charge in [-0.05, 0) is 35.3 Å². The molecule has 1 amide bonds. The first-order valence-electron chi connectivity index (χ1n) is 5.50. The Morgan fingerprint density at radius 3 is 2.89 bits per heavy atom. The molecule has 18 heavy (non-hydrogen) atoms. The predicted molar refractivity (Wildman–Crippen MR) is 76.9 cm³/mol. The summed E-state index contributed by atoms with van der Waals surface area (Å²) in [5.41, 5.74) is 2.06. The van der Waals surface area contributed by atoms with Crippen molar-refractivity contribution >= 4 is 40.3 Å². The van der Waals surface area contributed by atoms with Crippen LogP contribution in [0.15, 0.2) is 41.8 Å². The van der Waals surface area contributed by atoms with E-state index in [-0.39, 0.29) is 5.91 Å². The third-order valence-corrected chi connectivity index (χ3v) is 3.99. The molecule has 0 spiro atoms. The number of fused-ring (bicyclic) bond motifs is 1. The molecule has 1 N–H and O–H groups in total. The largest absolute Gasteiger partial charge is 0.332 e. The molecule has 0 radical (unpaired) electrons. The number of para-hydroxylation sites is 1. The molecule has 90 valence electrons. The van der Waals surface area contributed by atoms with E-state index >= 15 is 0 Å². The molecule has 2 heterocycles. The molecule has 0 saturated heterocycles. The fourth-order valence-electron chi connectivity index (χ4n) is 1.90. The van der Waals surface area contributed by atoms with E-state index in [9.17, 15) is 4.79 Å². The van der Waals surface area contributed by atoms with Crippen molar-refractivity contribution in [3.05, 3.63) is 52.2 Å². The summed E-state index contributed by atoms with van der Waals surface area (Å²) in [6, 6.07) is 11.6. The summed E-state index contributed by atoms with van der Waals surface area (Å²) < 4.78 is 0. The predicted octanol–water partition coefficient (Wildman–Crippen LogP) is 3.10. The molecule has 5 heteroatoms. The van der Waals surface area contributed by atoms with Crippen molar-refractivity contribution in [3.63, 3.8) is 0 Å². The summed E-state index contributed by atoms with van der Waals surface area (Å²) in [6.07, 6.45) is 0. The molecule has 1 aliphatic rings. The zero-order chi connectivity index (χ0) is 12.5. The number of thiophene rings is 1. The van der Waals surface area contributed by atoms with Gasteiger partial charge in [0.15, 0.2) is 5.11 Å². The van der Waals surface area contributed by atoms with E-state index in [2.05, 4.69) is 5.32 Å². The smallest absolute Gasteiger partial charge is 0.270 e. The van der Waals surface area contributed by atoms with Crippen molar-refractivity contribution in [3.8, 4) is 0 Å². The van der Waals surface area contributed by atoms with E-state index in [4.69, 9.17) is 12.2 Å². The molecular weight excluding hydrogens is 264 g/mol. The van der Waals surface area contributed by atoms with Crippen LogP contribution in [0.5, 0.6) is 0 Å². The van der Waals surface area contributed by atoms with Crippen molar-refractivity contribution in [2.45, 2.75) is 6.54 Å². The second-order valence-electron chi connectivity index (χ2n) is 3.96. The molecule has 3 nitrogen and oxygen atoms in total. The Kier molecular flexibility index (Phi) is 2.85. The van der Waals surface area contributed by atoms with Crippen LogP contribution in [0, 0.1) is 0 Å². The van der Waals surface area contributed by atoms with E-state index in [1.165, 1.54) is 11.3 Å². The Balaban J connectivity index is 1.92. The van der Waals surface area contributed by atoms with Gasteiger partial charge in [-0.25, -0.2) is 0 Å². The van der Waals surface area contributed by atoms with E-state index in [0.29, 0.717) is 16.5 Å². The Bertz CT molecular complexity index is 607. The van der Waals surface area contributed by atoms with Crippen molar-refractivity contribution in [2.75, 3.05) is 5.32 Å². The highest BCUT2D eigenvalue weighted by molar-refractivity contribution is 7.80. The summed E-state index contributed by atoms with van der Waals surface area (Å²) in [5, 5.41) is 5.45. The standard InChI is InChI=1S/C13H10N2OS2/c16-12(11-6-3-7-18-11)15-8-9-4-1-2-5-10(9)14-13(15)17/h1-7H,8H2,(H,14,17). The minimum atomic E-state index is -0.0444. The van der Waals surface area contributed by atoms with Crippen LogP contribution in [0.25, 0.3) is 0 Å². The molecule has 0 unspecified atom stereocenters. The first-order valence-corrected chi connectivity index (χ1v) is 6.79. The van der Waals surface area contributed by atoms with Crippen LogP contribution in [0.3, 0.4) is 0 Å². The Morgan fingerprint density at radius 1 is 1.28 bits per heavy atom. The van der Waals surface area contributed by atoms with E-state index in [1.54, 1.807) is 4.90 Å². The topological polar surface area (TPSA) is 32.3 Å². The maximum Gasteiger partial charge on any atom is 0.270 e. The third-order valence-electron chi connectivity index (χ3n) is 2.81. The summed E-state index contributed by atoms with van der Waals surface area (Å²) in [6.45, 7) is 0.527. The zero-order valence-corrected chi connectivity index (χ0v) is 11.1. The Labute approximate surface area is 114 Å². The van der Waals surface area contributed by atoms with Gasteiger partial charge in [-0.15, -0.1) is 11.3 Å². The van der Waals surface area contributed by atoms with Crippen LogP contribution in [-0.2, 0) is 6.54 Å². The summed E-state index contributed by atoms with van der Waals surface area (Å²) in [5.74, 6) is -0.0444. The van der Waals surface area contributed by atoms with Crippen molar-refractivity contribution < 1.29 is 4.79 Å². The number of carbonyl (C=O) groups excluding carboxylic acids is 1. The molecule has 1 aromatic heterocycles. The number of carbonyl (C=O) groups is 1. The van der Waals surface area contributed by atoms with Gasteiger partial charge in [0.05, 0.1) is 11.4 Å². The number of benzene rings is 1. The van der Waals surface area contributed by atoms with Gasteiger partial charge < -0.3 is 5.32 Å². The SMILES string of the molecule is O=C(c1cccs1)N1Cc2ccccc2NC1=S. The lowest BCUT2D eigenvalue weighted by Gasteiger charge is -2.29. The number of nitrogens with one attached hydrogen (secondary N) is 1. The van der Waals surface area contributed by atoms with E-state index in [0.717, 1.165) is 11.3 Å². The highest BCUT2D eigenvalue weighted by atomic mass is 32.1. The molecule has 1 aliphatic heterocycles. The van der Waals surface area contributed by atoms with Crippen LogP contribution in [-0.4, -0.2) is 15.9 Å². The molecule has 0 saturated carbocycles. The van der Waals surface area contributed by atoms with Crippen LogP contribution in [0.4, 0.5) is 5.69 Å². The molecule has 2 aromatic rings. The molecule has 0 atom stereocenters. The summed E-state index contributed by atoms with van der Waals surface area (Å²) in [4.78, 5) is 14.6. The van der Waals surface area contributed by atoms with Crippen LogP contribution >= 0.6 is 23.6 Å². The molecular formula is C13H10N2OS2. The Morgan fingerprint density at radius 2 is 2.11 bits per heavy atom. The second kappa shape index (κ2) is 4.51. The molecule has 0 bridgehead atoms. The maximum absolute atomic E-state index is 12.3. The number of rotatable bonds is 1. The van der Waals surface area contributed by atoms with Gasteiger partial charge in [0, 0.05) is 5.69 Å². The number of nitrogens with zero attached hydrogens (tertiary/aromatic N) is 1. The fraction of sp³-hybridized carbons (Fsp3) is 0.0769. The number of hydrogen-bond donors (Lipinski definition) is 1. The monoisotopic (exact) mass is 274 g/mol. The van der Waals surface area contributed by atoms with Gasteiger partial charge in [0.2, 0.25) is 0 Å². The Hall–Kier alpha value is -1.72. The molecule has 1 aromatic carbocycles. The normalized spacial score (nSPS) is 14.0. The van der Waals surface area contributed by atoms with Gasteiger partial charge >= 0.3 is 0 Å². The van der Waals surface area contributed by atoms with Gasteiger partial charge in [-0.2, -0.15) is 0 Å². The second-order valence-corrected chi connectivity index (χ2v) is 5.29. The molecule has 3 rings (SSSR count). The van der Waals surface area contributed by atoms with Gasteiger partial charge in [0.25, 0.3) is 5.91 Å². The van der Waals surface area contributed by atoms with Gasteiger partial charge in [-0.1, -0.05) is 24.3 Å². The van der Waals surface area contributed by atoms with Crippen LogP contribution in [0.1, 0.15) is 15.2 Å². The van der Waals surface area contributed by atoms with Gasteiger partial charge in [0.1, 0.15) is 0 Å². The van der Waals surface area contributed by atoms with Crippen LogP contribution in [0.2, 0.25) is 0 Å². The third kappa shape index (κ3) is 1.91. The lowest BCUT2D eigenvalue weighted by atomic mass is 10.1. The highest BCUT2D eigenvalue weighted by Gasteiger charge is 2.26. The number of amides is 1. The van der Waals surface area contributed by atoms with Crippen molar-refractivity contribution in [1.82, 2.24) is 4.90 Å². The fourth-order valence-corrected chi connectivity index (χ4v) is 2.83. The van der Waals surface area contributed by atoms with E-state index in [1.807, 2.05) is 41.8 Å². The first-order chi connectivity index (χ1) is 8.75. The van der Waals surface area contributed by atoms with Crippen LogP contribution < -0.4 is 5.32 Å². The average Bonchev–Trinajstić information content (AvgIpc) is 2.91. The van der Waals surface area contributed by atoms with E-state index < -0.39 is 0 Å². The summed E-state index contributed by atoms with van der Waals surface area (Å²) >= 11 is 6.68. The first kappa shape index (κ1) is 11.4. The lowest BCUT2D eigenvalue weighted by Crippen LogP contribution is -2.42. The summed E-state index contributed by atoms with van der Waals surface area (Å²) in [7, 11) is 0. The number of thiocarbonyl (C=S) groups is 1. The molecule has 0 fully saturated rings. The minimum absolute atomic E-state index is 0.0444. The zero-order valence-electron chi connectivity index (χ0n) is 9.42. The maximum atomic E-state index is 12.3. The number of hydrogen-bond acceptors (Lipinski definition) is 3. The van der Waals surface area contributed by atoms with Crippen molar-refractivity contribution in [2.24, 2.45) is 0 Å².